The van der Waals surface area contributed by atoms with Crippen LogP contribution in [0.15, 0.2) is 53.0 Å². The third-order valence-electron chi connectivity index (χ3n) is 4.31. The van der Waals surface area contributed by atoms with Crippen LogP contribution in [0, 0.1) is 0 Å². The molecule has 132 valence electrons. The van der Waals surface area contributed by atoms with Gasteiger partial charge < -0.3 is 15.0 Å². The minimum atomic E-state index is 0.0117. The van der Waals surface area contributed by atoms with Gasteiger partial charge in [-0.1, -0.05) is 24.3 Å². The number of carbonyl (C=O) groups is 1. The predicted molar refractivity (Wildman–Crippen MR) is 104 cm³/mol. The highest BCUT2D eigenvalue weighted by molar-refractivity contribution is 9.10. The van der Waals surface area contributed by atoms with E-state index in [9.17, 15) is 4.79 Å². The summed E-state index contributed by atoms with van der Waals surface area (Å²) in [5, 5.41) is 2.96. The maximum Gasteiger partial charge on any atom is 0.238 e. The highest BCUT2D eigenvalue weighted by Gasteiger charge is 2.21. The number of rotatable bonds is 5. The Morgan fingerprint density at radius 3 is 2.48 bits per heavy atom. The number of anilines is 2. The van der Waals surface area contributed by atoms with Gasteiger partial charge in [0.05, 0.1) is 25.0 Å². The molecule has 3 rings (SSSR count). The van der Waals surface area contributed by atoms with E-state index in [1.165, 1.54) is 0 Å². The minimum absolute atomic E-state index is 0.0117. The van der Waals surface area contributed by atoms with Crippen molar-refractivity contribution in [3.8, 4) is 5.75 Å². The number of piperazine rings is 1. The average molecular weight is 404 g/mol. The van der Waals surface area contributed by atoms with E-state index in [4.69, 9.17) is 4.74 Å². The fourth-order valence-corrected chi connectivity index (χ4v) is 3.38. The van der Waals surface area contributed by atoms with Gasteiger partial charge in [0.15, 0.2) is 0 Å². The Bertz CT molecular complexity index is 730. The molecule has 1 heterocycles. The van der Waals surface area contributed by atoms with Gasteiger partial charge in [-0.3, -0.25) is 9.69 Å². The molecule has 0 spiro atoms. The lowest BCUT2D eigenvalue weighted by atomic mass is 10.2. The molecule has 1 saturated heterocycles. The maximum absolute atomic E-state index is 12.3. The van der Waals surface area contributed by atoms with E-state index in [-0.39, 0.29) is 5.91 Å². The van der Waals surface area contributed by atoms with Crippen LogP contribution in [0.5, 0.6) is 5.75 Å². The smallest absolute Gasteiger partial charge is 0.238 e. The molecule has 0 unspecified atom stereocenters. The number of hydrogen-bond acceptors (Lipinski definition) is 4. The van der Waals surface area contributed by atoms with Crippen LogP contribution >= 0.6 is 15.9 Å². The summed E-state index contributed by atoms with van der Waals surface area (Å²) in [6.07, 6.45) is 0. The zero-order chi connectivity index (χ0) is 17.6. The molecule has 6 heteroatoms. The van der Waals surface area contributed by atoms with E-state index in [2.05, 4.69) is 37.1 Å². The lowest BCUT2D eigenvalue weighted by molar-refractivity contribution is -0.117. The highest BCUT2D eigenvalue weighted by atomic mass is 79.9. The minimum Gasteiger partial charge on any atom is -0.495 e. The highest BCUT2D eigenvalue weighted by Crippen LogP contribution is 2.28. The van der Waals surface area contributed by atoms with Crippen LogP contribution in [-0.4, -0.2) is 50.6 Å². The molecule has 5 nitrogen and oxygen atoms in total. The molecule has 0 atom stereocenters. The van der Waals surface area contributed by atoms with Gasteiger partial charge in [0.1, 0.15) is 5.75 Å². The first kappa shape index (κ1) is 17.8. The molecular weight excluding hydrogens is 382 g/mol. The average Bonchev–Trinajstić information content (AvgIpc) is 2.64. The van der Waals surface area contributed by atoms with Crippen molar-refractivity contribution in [3.05, 3.63) is 53.0 Å². The van der Waals surface area contributed by atoms with Gasteiger partial charge in [0.25, 0.3) is 0 Å². The Morgan fingerprint density at radius 2 is 1.76 bits per heavy atom. The molecule has 0 aliphatic carbocycles. The van der Waals surface area contributed by atoms with Gasteiger partial charge in [-0.15, -0.1) is 0 Å². The van der Waals surface area contributed by atoms with Crippen LogP contribution in [0.1, 0.15) is 0 Å². The number of para-hydroxylation sites is 3. The van der Waals surface area contributed by atoms with Crippen molar-refractivity contribution in [3.63, 3.8) is 0 Å². The van der Waals surface area contributed by atoms with Crippen molar-refractivity contribution in [2.75, 3.05) is 50.1 Å². The maximum atomic E-state index is 12.3. The molecule has 0 bridgehead atoms. The van der Waals surface area contributed by atoms with Gasteiger partial charge in [-0.25, -0.2) is 0 Å². The summed E-state index contributed by atoms with van der Waals surface area (Å²) >= 11 is 3.45. The first-order chi connectivity index (χ1) is 12.2. The summed E-state index contributed by atoms with van der Waals surface area (Å²) in [7, 11) is 1.70. The number of methoxy groups -OCH3 is 1. The van der Waals surface area contributed by atoms with Crippen molar-refractivity contribution in [2.24, 2.45) is 0 Å². The number of nitrogens with zero attached hydrogens (tertiary/aromatic N) is 2. The lowest BCUT2D eigenvalue weighted by Crippen LogP contribution is -2.48. The van der Waals surface area contributed by atoms with Gasteiger partial charge in [0, 0.05) is 30.7 Å². The number of ether oxygens (including phenoxy) is 1. The van der Waals surface area contributed by atoms with Gasteiger partial charge in [0.2, 0.25) is 5.91 Å². The Hall–Kier alpha value is -2.05. The second-order valence-electron chi connectivity index (χ2n) is 5.96. The molecule has 25 heavy (non-hydrogen) atoms. The molecule has 1 N–H and O–H groups in total. The SMILES string of the molecule is COc1ccccc1N1CCN(CC(=O)Nc2ccccc2Br)CC1. The van der Waals surface area contributed by atoms with Crippen LogP contribution in [0.25, 0.3) is 0 Å². The summed E-state index contributed by atoms with van der Waals surface area (Å²) in [4.78, 5) is 16.8. The van der Waals surface area contributed by atoms with Crippen molar-refractivity contribution in [1.82, 2.24) is 4.90 Å². The van der Waals surface area contributed by atoms with Crippen LogP contribution in [0.2, 0.25) is 0 Å². The Balaban J connectivity index is 1.52. The number of amides is 1. The third-order valence-corrected chi connectivity index (χ3v) is 5.00. The van der Waals surface area contributed by atoms with E-state index < -0.39 is 0 Å². The zero-order valence-corrected chi connectivity index (χ0v) is 15.8. The number of hydrogen-bond donors (Lipinski definition) is 1. The third kappa shape index (κ3) is 4.52. The van der Waals surface area contributed by atoms with Crippen LogP contribution < -0.4 is 15.0 Å². The largest absolute Gasteiger partial charge is 0.495 e. The summed E-state index contributed by atoms with van der Waals surface area (Å²) in [5.74, 6) is 0.903. The van der Waals surface area contributed by atoms with Crippen LogP contribution in [0.4, 0.5) is 11.4 Å². The normalized spacial score (nSPS) is 15.0. The van der Waals surface area contributed by atoms with Gasteiger partial charge >= 0.3 is 0 Å². The molecule has 1 aliphatic heterocycles. The van der Waals surface area contributed by atoms with Crippen molar-refractivity contribution in [1.29, 1.82) is 0 Å². The number of nitrogens with one attached hydrogen (secondary N) is 1. The fraction of sp³-hybridized carbons (Fsp3) is 0.316. The van der Waals surface area contributed by atoms with Crippen molar-refractivity contribution in [2.45, 2.75) is 0 Å². The summed E-state index contributed by atoms with van der Waals surface area (Å²) in [6.45, 7) is 3.86. The van der Waals surface area contributed by atoms with Gasteiger partial charge in [-0.05, 0) is 40.2 Å². The Labute approximate surface area is 156 Å². The summed E-state index contributed by atoms with van der Waals surface area (Å²) in [6, 6.07) is 15.7. The molecule has 0 aromatic heterocycles. The van der Waals surface area contributed by atoms with E-state index in [0.29, 0.717) is 6.54 Å². The predicted octanol–water partition coefficient (Wildman–Crippen LogP) is 3.22. The summed E-state index contributed by atoms with van der Waals surface area (Å²) < 4.78 is 6.34. The topological polar surface area (TPSA) is 44.8 Å². The Morgan fingerprint density at radius 1 is 1.08 bits per heavy atom. The van der Waals surface area contributed by atoms with Crippen molar-refractivity contribution < 1.29 is 9.53 Å². The zero-order valence-electron chi connectivity index (χ0n) is 14.2. The van der Waals surface area contributed by atoms with E-state index in [1.54, 1.807) is 7.11 Å². The standard InChI is InChI=1S/C19H22BrN3O2/c1-25-18-9-5-4-8-17(18)23-12-10-22(11-13-23)14-19(24)21-16-7-3-2-6-15(16)20/h2-9H,10-14H2,1H3,(H,21,24). The van der Waals surface area contributed by atoms with Gasteiger partial charge in [-0.2, -0.15) is 0 Å². The number of halogens is 1. The first-order valence-electron chi connectivity index (χ1n) is 8.32. The van der Waals surface area contributed by atoms with Crippen LogP contribution in [0.3, 0.4) is 0 Å². The lowest BCUT2D eigenvalue weighted by Gasteiger charge is -2.36. The molecule has 2 aromatic rings. The molecule has 1 fully saturated rings. The second kappa shape index (κ2) is 8.36. The molecule has 1 aliphatic rings. The second-order valence-corrected chi connectivity index (χ2v) is 6.82. The molecule has 2 aromatic carbocycles. The first-order valence-corrected chi connectivity index (χ1v) is 9.11. The Kier molecular flexibility index (Phi) is 5.94. The molecule has 1 amide bonds. The number of benzene rings is 2. The molecule has 0 radical (unpaired) electrons. The van der Waals surface area contributed by atoms with Crippen LogP contribution in [-0.2, 0) is 4.79 Å². The monoisotopic (exact) mass is 403 g/mol. The molecule has 0 saturated carbocycles. The summed E-state index contributed by atoms with van der Waals surface area (Å²) in [5.41, 5.74) is 1.92. The quantitative estimate of drug-likeness (QED) is 0.832. The fourth-order valence-electron chi connectivity index (χ4n) is 2.99. The van der Waals surface area contributed by atoms with E-state index in [0.717, 1.165) is 47.8 Å². The molecular formula is C19H22BrN3O2. The van der Waals surface area contributed by atoms with E-state index >= 15 is 0 Å². The van der Waals surface area contributed by atoms with E-state index in [1.807, 2.05) is 42.5 Å². The van der Waals surface area contributed by atoms with Crippen molar-refractivity contribution >= 4 is 33.2 Å². The number of carbonyl (C=O) groups excluding carboxylic acids is 1.